The highest BCUT2D eigenvalue weighted by molar-refractivity contribution is 5.98. The summed E-state index contributed by atoms with van der Waals surface area (Å²) < 4.78 is 0. The summed E-state index contributed by atoms with van der Waals surface area (Å²) in [6.45, 7) is 4.27. The molecule has 5 nitrogen and oxygen atoms in total. The summed E-state index contributed by atoms with van der Waals surface area (Å²) in [6.07, 6.45) is 2.48. The third-order valence-electron chi connectivity index (χ3n) is 4.13. The van der Waals surface area contributed by atoms with E-state index in [4.69, 9.17) is 10.9 Å². The molecule has 0 saturated carbocycles. The lowest BCUT2D eigenvalue weighted by atomic mass is 9.95. The zero-order chi connectivity index (χ0) is 15.2. The molecular weight excluding hydrogens is 264 g/mol. The van der Waals surface area contributed by atoms with E-state index in [0.29, 0.717) is 0 Å². The van der Waals surface area contributed by atoms with E-state index in [-0.39, 0.29) is 5.84 Å². The highest BCUT2D eigenvalue weighted by Crippen LogP contribution is 2.20. The van der Waals surface area contributed by atoms with Crippen LogP contribution in [-0.4, -0.2) is 54.6 Å². The van der Waals surface area contributed by atoms with Crippen molar-refractivity contribution in [2.45, 2.75) is 19.4 Å². The van der Waals surface area contributed by atoms with Crippen LogP contribution in [0.2, 0.25) is 0 Å². The molecule has 0 atom stereocenters. The van der Waals surface area contributed by atoms with Gasteiger partial charge in [-0.1, -0.05) is 29.4 Å². The molecule has 0 aliphatic carbocycles. The van der Waals surface area contributed by atoms with Crippen LogP contribution in [0.1, 0.15) is 24.0 Å². The fourth-order valence-electron chi connectivity index (χ4n) is 3.05. The van der Waals surface area contributed by atoms with Crippen LogP contribution in [0.3, 0.4) is 0 Å². The Labute approximate surface area is 127 Å². The van der Waals surface area contributed by atoms with Crippen molar-refractivity contribution in [3.63, 3.8) is 0 Å². The maximum atomic E-state index is 8.88. The highest BCUT2D eigenvalue weighted by Gasteiger charge is 2.20. The third-order valence-corrected chi connectivity index (χ3v) is 4.13. The van der Waals surface area contributed by atoms with Crippen molar-refractivity contribution in [1.82, 2.24) is 9.80 Å². The molecule has 1 aliphatic heterocycles. The molecule has 5 heteroatoms. The van der Waals surface area contributed by atoms with Crippen molar-refractivity contribution in [2.24, 2.45) is 16.8 Å². The lowest BCUT2D eigenvalue weighted by molar-refractivity contribution is 0.157. The number of nitrogens with two attached hydrogens (primary N) is 1. The molecule has 0 spiro atoms. The Morgan fingerprint density at radius 1 is 1.33 bits per heavy atom. The Hall–Kier alpha value is -1.59. The van der Waals surface area contributed by atoms with E-state index in [1.165, 1.54) is 19.4 Å². The van der Waals surface area contributed by atoms with Gasteiger partial charge in [0.2, 0.25) is 0 Å². The number of oxime groups is 1. The number of likely N-dealkylation sites (tertiary alicyclic amines) is 1. The van der Waals surface area contributed by atoms with E-state index in [2.05, 4.69) is 35.1 Å². The first-order valence-corrected chi connectivity index (χ1v) is 7.53. The van der Waals surface area contributed by atoms with Crippen molar-refractivity contribution < 1.29 is 5.21 Å². The van der Waals surface area contributed by atoms with E-state index in [1.54, 1.807) is 0 Å². The Bertz CT molecular complexity index is 479. The van der Waals surface area contributed by atoms with Gasteiger partial charge in [0.05, 0.1) is 0 Å². The maximum absolute atomic E-state index is 8.88. The summed E-state index contributed by atoms with van der Waals surface area (Å²) in [5.41, 5.74) is 7.71. The minimum atomic E-state index is 0.188. The number of benzene rings is 1. The first kappa shape index (κ1) is 15.8. The first-order chi connectivity index (χ1) is 10.1. The first-order valence-electron chi connectivity index (χ1n) is 7.53. The molecule has 116 valence electrons. The van der Waals surface area contributed by atoms with Crippen LogP contribution in [0.25, 0.3) is 0 Å². The van der Waals surface area contributed by atoms with Gasteiger partial charge < -0.3 is 15.8 Å². The summed E-state index contributed by atoms with van der Waals surface area (Å²) in [5.74, 6) is 0.990. The Morgan fingerprint density at radius 3 is 2.62 bits per heavy atom. The quantitative estimate of drug-likeness (QED) is 0.374. The van der Waals surface area contributed by atoms with Gasteiger partial charge in [0.1, 0.15) is 0 Å². The minimum Gasteiger partial charge on any atom is -0.409 e. The van der Waals surface area contributed by atoms with Crippen LogP contribution >= 0.6 is 0 Å². The van der Waals surface area contributed by atoms with Crippen molar-refractivity contribution in [3.8, 4) is 0 Å². The molecular formula is C16H26N4O. The maximum Gasteiger partial charge on any atom is 0.170 e. The predicted octanol–water partition coefficient (Wildman–Crippen LogP) is 1.55. The van der Waals surface area contributed by atoms with Crippen LogP contribution in [0.15, 0.2) is 29.4 Å². The molecule has 1 saturated heterocycles. The van der Waals surface area contributed by atoms with E-state index in [1.807, 2.05) is 18.2 Å². The zero-order valence-electron chi connectivity index (χ0n) is 13.0. The highest BCUT2D eigenvalue weighted by atomic mass is 16.4. The minimum absolute atomic E-state index is 0.188. The SMILES string of the molecule is CN(C)CC1CCN(Cc2ccccc2C(N)=NO)CC1. The molecule has 0 unspecified atom stereocenters. The fourth-order valence-corrected chi connectivity index (χ4v) is 3.05. The van der Waals surface area contributed by atoms with Gasteiger partial charge in [-0.15, -0.1) is 0 Å². The van der Waals surface area contributed by atoms with Gasteiger partial charge in [-0.3, -0.25) is 4.90 Å². The average Bonchev–Trinajstić information content (AvgIpc) is 2.48. The van der Waals surface area contributed by atoms with E-state index < -0.39 is 0 Å². The second-order valence-electron chi connectivity index (χ2n) is 6.12. The number of hydrogen-bond donors (Lipinski definition) is 2. The van der Waals surface area contributed by atoms with Gasteiger partial charge in [0.15, 0.2) is 5.84 Å². The Morgan fingerprint density at radius 2 is 2.00 bits per heavy atom. The van der Waals surface area contributed by atoms with Crippen LogP contribution in [-0.2, 0) is 6.54 Å². The normalized spacial score (nSPS) is 18.3. The predicted molar refractivity (Wildman–Crippen MR) is 85.5 cm³/mol. The van der Waals surface area contributed by atoms with Crippen LogP contribution < -0.4 is 5.73 Å². The van der Waals surface area contributed by atoms with Crippen molar-refractivity contribution >= 4 is 5.84 Å². The molecule has 1 fully saturated rings. The van der Waals surface area contributed by atoms with Crippen LogP contribution in [0.4, 0.5) is 0 Å². The molecule has 21 heavy (non-hydrogen) atoms. The monoisotopic (exact) mass is 290 g/mol. The van der Waals surface area contributed by atoms with Gasteiger partial charge in [-0.2, -0.15) is 0 Å². The molecule has 3 N–H and O–H groups in total. The molecule has 0 amide bonds. The van der Waals surface area contributed by atoms with Crippen LogP contribution in [0, 0.1) is 5.92 Å². The van der Waals surface area contributed by atoms with Gasteiger partial charge in [-0.25, -0.2) is 0 Å². The molecule has 2 rings (SSSR count). The lowest BCUT2D eigenvalue weighted by Crippen LogP contribution is -2.37. The van der Waals surface area contributed by atoms with Crippen molar-refractivity contribution in [1.29, 1.82) is 0 Å². The molecule has 1 heterocycles. The topological polar surface area (TPSA) is 65.1 Å². The van der Waals surface area contributed by atoms with E-state index in [9.17, 15) is 0 Å². The molecule has 0 aromatic heterocycles. The summed E-state index contributed by atoms with van der Waals surface area (Å²) in [5, 5.41) is 12.0. The summed E-state index contributed by atoms with van der Waals surface area (Å²) in [7, 11) is 4.28. The van der Waals surface area contributed by atoms with Crippen LogP contribution in [0.5, 0.6) is 0 Å². The second-order valence-corrected chi connectivity index (χ2v) is 6.12. The molecule has 0 radical (unpaired) electrons. The smallest absolute Gasteiger partial charge is 0.170 e. The molecule has 1 aromatic carbocycles. The summed E-state index contributed by atoms with van der Waals surface area (Å²) >= 11 is 0. The summed E-state index contributed by atoms with van der Waals surface area (Å²) in [6, 6.07) is 7.88. The number of rotatable bonds is 5. The number of nitrogens with zero attached hydrogens (tertiary/aromatic N) is 3. The van der Waals surface area contributed by atoms with Gasteiger partial charge in [0, 0.05) is 18.7 Å². The van der Waals surface area contributed by atoms with E-state index >= 15 is 0 Å². The van der Waals surface area contributed by atoms with Crippen molar-refractivity contribution in [2.75, 3.05) is 33.7 Å². The third kappa shape index (κ3) is 4.44. The number of amidine groups is 1. The number of hydrogen-bond acceptors (Lipinski definition) is 4. The van der Waals surface area contributed by atoms with Gasteiger partial charge >= 0.3 is 0 Å². The van der Waals surface area contributed by atoms with E-state index in [0.717, 1.165) is 36.7 Å². The van der Waals surface area contributed by atoms with Crippen molar-refractivity contribution in [3.05, 3.63) is 35.4 Å². The van der Waals surface area contributed by atoms with Gasteiger partial charge in [-0.05, 0) is 51.5 Å². The summed E-state index contributed by atoms with van der Waals surface area (Å²) in [4.78, 5) is 4.73. The van der Waals surface area contributed by atoms with Gasteiger partial charge in [0.25, 0.3) is 0 Å². The zero-order valence-corrected chi connectivity index (χ0v) is 13.0. The fraction of sp³-hybridized carbons (Fsp3) is 0.562. The largest absolute Gasteiger partial charge is 0.409 e. The second kappa shape index (κ2) is 7.43. The molecule has 1 aromatic rings. The molecule has 1 aliphatic rings. The standard InChI is InChI=1S/C16H26N4O/c1-19(2)11-13-7-9-20(10-8-13)12-14-5-3-4-6-15(14)16(17)18-21/h3-6,13,21H,7-12H2,1-2H3,(H2,17,18). The Balaban J connectivity index is 1.95. The molecule has 0 bridgehead atoms. The average molecular weight is 290 g/mol. The number of piperidine rings is 1. The lowest BCUT2D eigenvalue weighted by Gasteiger charge is -2.33. The Kier molecular flexibility index (Phi) is 5.59.